The Balaban J connectivity index is 1.71. The van der Waals surface area contributed by atoms with Gasteiger partial charge in [0.15, 0.2) is 6.29 Å². The van der Waals surface area contributed by atoms with Gasteiger partial charge in [0.05, 0.1) is 18.4 Å². The van der Waals surface area contributed by atoms with Crippen molar-refractivity contribution in [2.75, 3.05) is 6.61 Å². The first-order chi connectivity index (χ1) is 11.8. The predicted molar refractivity (Wildman–Crippen MR) is 80.4 cm³/mol. The van der Waals surface area contributed by atoms with Crippen LogP contribution in [0.5, 0.6) is 0 Å². The number of hydrogen-bond acceptors (Lipinski definition) is 9. The molecule has 5 N–H and O–H groups in total. The van der Waals surface area contributed by atoms with E-state index in [4.69, 9.17) is 14.2 Å². The highest BCUT2D eigenvalue weighted by atomic mass is 16.7. The third kappa shape index (κ3) is 3.27. The molecule has 0 spiro atoms. The summed E-state index contributed by atoms with van der Waals surface area (Å²) in [7, 11) is 0. The molecule has 2 fully saturated rings. The lowest BCUT2D eigenvalue weighted by atomic mass is 9.83. The molecule has 3 aliphatic rings. The second kappa shape index (κ2) is 7.18. The van der Waals surface area contributed by atoms with Crippen molar-refractivity contribution in [3.63, 3.8) is 0 Å². The van der Waals surface area contributed by atoms with Crippen LogP contribution in [0.4, 0.5) is 0 Å². The van der Waals surface area contributed by atoms with Gasteiger partial charge < -0.3 is 39.7 Å². The van der Waals surface area contributed by atoms with E-state index in [0.717, 1.165) is 12.7 Å². The molecule has 1 aliphatic carbocycles. The van der Waals surface area contributed by atoms with Crippen LogP contribution in [0.1, 0.15) is 19.8 Å². The lowest BCUT2D eigenvalue weighted by Gasteiger charge is -2.39. The molecule has 0 aromatic carbocycles. The Morgan fingerprint density at radius 1 is 1.20 bits per heavy atom. The monoisotopic (exact) mass is 360 g/mol. The predicted octanol–water partition coefficient (Wildman–Crippen LogP) is -1.78. The molecular formula is C16H24O9. The Labute approximate surface area is 144 Å². The van der Waals surface area contributed by atoms with E-state index in [1.807, 2.05) is 6.92 Å². The molecule has 0 aromatic rings. The summed E-state index contributed by atoms with van der Waals surface area (Å²) in [6.07, 6.45) is -5.79. The van der Waals surface area contributed by atoms with Crippen molar-refractivity contribution in [2.24, 2.45) is 17.8 Å². The van der Waals surface area contributed by atoms with E-state index in [1.54, 1.807) is 0 Å². The maximum atomic E-state index is 12.5. The van der Waals surface area contributed by atoms with Gasteiger partial charge >= 0.3 is 5.97 Å². The molecule has 142 valence electrons. The maximum Gasteiger partial charge on any atom is 0.339 e. The molecule has 2 heterocycles. The minimum absolute atomic E-state index is 0.184. The third-order valence-corrected chi connectivity index (χ3v) is 5.43. The standard InChI is InChI=1S/C16H24O9/c1-6-2-3-7-8(5-23-15(22)10(6)7)14(21)25-16-13(20)12(19)11(18)9(4-17)24-16/h5-7,9-13,15-20,22H,2-4H2,1H3. The van der Waals surface area contributed by atoms with Crippen LogP contribution in [0.2, 0.25) is 0 Å². The van der Waals surface area contributed by atoms with Gasteiger partial charge in [-0.2, -0.15) is 0 Å². The van der Waals surface area contributed by atoms with E-state index in [0.29, 0.717) is 6.42 Å². The van der Waals surface area contributed by atoms with E-state index in [9.17, 15) is 30.3 Å². The molecule has 1 saturated carbocycles. The minimum atomic E-state index is -1.66. The SMILES string of the molecule is CC1CCC2C(C(=O)OC3OC(CO)C(O)C(O)C3O)=COC(O)C12. The highest BCUT2D eigenvalue weighted by Gasteiger charge is 2.48. The van der Waals surface area contributed by atoms with Gasteiger partial charge in [-0.3, -0.25) is 0 Å². The van der Waals surface area contributed by atoms with Crippen molar-refractivity contribution >= 4 is 5.97 Å². The van der Waals surface area contributed by atoms with Gasteiger partial charge in [-0.1, -0.05) is 6.92 Å². The second-order valence-electron chi connectivity index (χ2n) is 6.94. The number of aliphatic hydroxyl groups excluding tert-OH is 5. The van der Waals surface area contributed by atoms with Crippen LogP contribution >= 0.6 is 0 Å². The van der Waals surface area contributed by atoms with Crippen LogP contribution < -0.4 is 0 Å². The van der Waals surface area contributed by atoms with E-state index in [-0.39, 0.29) is 23.3 Å². The fourth-order valence-corrected chi connectivity index (χ4v) is 3.93. The Morgan fingerprint density at radius 2 is 1.92 bits per heavy atom. The number of fused-ring (bicyclic) bond motifs is 1. The third-order valence-electron chi connectivity index (χ3n) is 5.43. The van der Waals surface area contributed by atoms with Crippen molar-refractivity contribution in [1.29, 1.82) is 0 Å². The van der Waals surface area contributed by atoms with Gasteiger partial charge in [0.25, 0.3) is 0 Å². The maximum absolute atomic E-state index is 12.5. The van der Waals surface area contributed by atoms with Crippen LogP contribution in [0.25, 0.3) is 0 Å². The first kappa shape index (κ1) is 18.6. The number of ether oxygens (including phenoxy) is 3. The molecular weight excluding hydrogens is 336 g/mol. The summed E-state index contributed by atoms with van der Waals surface area (Å²) >= 11 is 0. The van der Waals surface area contributed by atoms with Crippen LogP contribution in [-0.2, 0) is 19.0 Å². The lowest BCUT2D eigenvalue weighted by molar-refractivity contribution is -0.291. The van der Waals surface area contributed by atoms with E-state index in [2.05, 4.69) is 0 Å². The van der Waals surface area contributed by atoms with Crippen molar-refractivity contribution in [2.45, 2.75) is 56.8 Å². The number of carbonyl (C=O) groups excluding carboxylic acids is 1. The zero-order valence-electron chi connectivity index (χ0n) is 13.8. The summed E-state index contributed by atoms with van der Waals surface area (Å²) in [5.74, 6) is -1.05. The summed E-state index contributed by atoms with van der Waals surface area (Å²) in [5, 5.41) is 48.6. The average molecular weight is 360 g/mol. The smallest absolute Gasteiger partial charge is 0.339 e. The summed E-state index contributed by atoms with van der Waals surface area (Å²) in [4.78, 5) is 12.5. The van der Waals surface area contributed by atoms with Gasteiger partial charge in [0, 0.05) is 11.8 Å². The first-order valence-electron chi connectivity index (χ1n) is 8.40. The van der Waals surface area contributed by atoms with Crippen LogP contribution in [0.3, 0.4) is 0 Å². The topological polar surface area (TPSA) is 146 Å². The van der Waals surface area contributed by atoms with Crippen molar-refractivity contribution in [1.82, 2.24) is 0 Å². The Hall–Kier alpha value is -1.23. The summed E-state index contributed by atoms with van der Waals surface area (Å²) in [6.45, 7) is 1.36. The molecule has 9 heteroatoms. The molecule has 0 amide bonds. The van der Waals surface area contributed by atoms with Gasteiger partial charge in [0.1, 0.15) is 24.4 Å². The molecule has 2 aliphatic heterocycles. The van der Waals surface area contributed by atoms with E-state index in [1.165, 1.54) is 0 Å². The van der Waals surface area contributed by atoms with Crippen LogP contribution in [0, 0.1) is 17.8 Å². The molecule has 0 aromatic heterocycles. The van der Waals surface area contributed by atoms with Gasteiger partial charge in [-0.05, 0) is 18.8 Å². The van der Waals surface area contributed by atoms with Crippen LogP contribution in [0.15, 0.2) is 11.8 Å². The normalized spacial score (nSPS) is 46.8. The lowest BCUT2D eigenvalue weighted by Crippen LogP contribution is -2.59. The average Bonchev–Trinajstić information content (AvgIpc) is 2.98. The van der Waals surface area contributed by atoms with Crippen molar-refractivity contribution < 1.29 is 44.5 Å². The van der Waals surface area contributed by atoms with Crippen molar-refractivity contribution in [3.05, 3.63) is 11.8 Å². The molecule has 9 atom stereocenters. The molecule has 0 bridgehead atoms. The van der Waals surface area contributed by atoms with Gasteiger partial charge in [0.2, 0.25) is 6.29 Å². The molecule has 3 rings (SSSR count). The summed E-state index contributed by atoms with van der Waals surface area (Å²) in [6, 6.07) is 0. The quantitative estimate of drug-likeness (QED) is 0.369. The zero-order chi connectivity index (χ0) is 18.3. The number of aliphatic hydroxyl groups is 5. The van der Waals surface area contributed by atoms with E-state index < -0.39 is 49.6 Å². The van der Waals surface area contributed by atoms with Gasteiger partial charge in [-0.25, -0.2) is 4.79 Å². The van der Waals surface area contributed by atoms with E-state index >= 15 is 0 Å². The largest absolute Gasteiger partial charge is 0.472 e. The zero-order valence-corrected chi connectivity index (χ0v) is 13.8. The number of hydrogen-bond donors (Lipinski definition) is 5. The molecule has 1 saturated heterocycles. The molecule has 25 heavy (non-hydrogen) atoms. The Morgan fingerprint density at radius 3 is 2.60 bits per heavy atom. The molecule has 9 unspecified atom stereocenters. The highest BCUT2D eigenvalue weighted by molar-refractivity contribution is 5.89. The second-order valence-corrected chi connectivity index (χ2v) is 6.94. The van der Waals surface area contributed by atoms with Crippen molar-refractivity contribution in [3.8, 4) is 0 Å². The summed E-state index contributed by atoms with van der Waals surface area (Å²) in [5.41, 5.74) is 0.233. The molecule has 0 radical (unpaired) electrons. The molecule has 9 nitrogen and oxygen atoms in total. The first-order valence-corrected chi connectivity index (χ1v) is 8.40. The van der Waals surface area contributed by atoms with Crippen LogP contribution in [-0.4, -0.2) is 75.1 Å². The fourth-order valence-electron chi connectivity index (χ4n) is 3.93. The number of rotatable bonds is 3. The van der Waals surface area contributed by atoms with Gasteiger partial charge in [-0.15, -0.1) is 0 Å². The fraction of sp³-hybridized carbons (Fsp3) is 0.812. The highest BCUT2D eigenvalue weighted by Crippen LogP contribution is 2.46. The number of esters is 1. The number of carbonyl (C=O) groups is 1. The minimum Gasteiger partial charge on any atom is -0.472 e. The Kier molecular flexibility index (Phi) is 5.33. The Bertz CT molecular complexity index is 534. The summed E-state index contributed by atoms with van der Waals surface area (Å²) < 4.78 is 15.5.